The lowest BCUT2D eigenvalue weighted by Gasteiger charge is -2.12. The summed E-state index contributed by atoms with van der Waals surface area (Å²) in [5, 5.41) is 8.63. The average Bonchev–Trinajstić information content (AvgIpc) is 2.98. The van der Waals surface area contributed by atoms with Gasteiger partial charge in [-0.2, -0.15) is 5.26 Å². The van der Waals surface area contributed by atoms with Crippen LogP contribution in [0.15, 0.2) is 30.3 Å². The number of hydrogen-bond acceptors (Lipinski definition) is 2. The third-order valence-corrected chi connectivity index (χ3v) is 2.70. The fourth-order valence-corrected chi connectivity index (χ4v) is 1.47. The first-order chi connectivity index (χ1) is 6.85. The zero-order valence-electron chi connectivity index (χ0n) is 8.07. The van der Waals surface area contributed by atoms with Crippen LogP contribution < -0.4 is 4.74 Å². The maximum Gasteiger partial charge on any atom is 0.119 e. The van der Waals surface area contributed by atoms with Crippen LogP contribution in [0.3, 0.4) is 0 Å². The number of nitriles is 1. The first-order valence-electron chi connectivity index (χ1n) is 4.89. The summed E-state index contributed by atoms with van der Waals surface area (Å²) in [6.07, 6.45) is 2.89. The number of nitrogens with zero attached hydrogens (tertiary/aromatic N) is 1. The van der Waals surface area contributed by atoms with E-state index >= 15 is 0 Å². The highest BCUT2D eigenvalue weighted by atomic mass is 16.5. The highest BCUT2D eigenvalue weighted by molar-refractivity contribution is 5.21. The minimum atomic E-state index is 0.171. The predicted molar refractivity (Wildman–Crippen MR) is 53.8 cm³/mol. The molecule has 1 aliphatic carbocycles. The van der Waals surface area contributed by atoms with E-state index in [9.17, 15) is 0 Å². The van der Waals surface area contributed by atoms with Crippen molar-refractivity contribution >= 4 is 0 Å². The van der Waals surface area contributed by atoms with Gasteiger partial charge >= 0.3 is 0 Å². The molecule has 2 rings (SSSR count). The molecule has 2 nitrogen and oxygen atoms in total. The van der Waals surface area contributed by atoms with Crippen LogP contribution in [0.25, 0.3) is 0 Å². The first kappa shape index (κ1) is 9.08. The predicted octanol–water partition coefficient (Wildman–Crippen LogP) is 2.76. The van der Waals surface area contributed by atoms with Gasteiger partial charge in [0.2, 0.25) is 0 Å². The molecule has 14 heavy (non-hydrogen) atoms. The number of rotatable bonds is 4. The molecule has 1 aromatic carbocycles. The van der Waals surface area contributed by atoms with Crippen molar-refractivity contribution in [2.24, 2.45) is 5.41 Å². The Morgan fingerprint density at radius 3 is 2.57 bits per heavy atom. The van der Waals surface area contributed by atoms with Crippen LogP contribution in [-0.4, -0.2) is 6.61 Å². The summed E-state index contributed by atoms with van der Waals surface area (Å²) in [5.41, 5.74) is 0.171. The molecule has 0 aliphatic heterocycles. The van der Waals surface area contributed by atoms with Crippen LogP contribution >= 0.6 is 0 Å². The van der Waals surface area contributed by atoms with E-state index in [1.807, 2.05) is 30.3 Å². The molecule has 1 fully saturated rings. The maximum absolute atomic E-state index is 8.63. The van der Waals surface area contributed by atoms with Gasteiger partial charge in [0.15, 0.2) is 0 Å². The number of hydrogen-bond donors (Lipinski definition) is 0. The molecule has 0 amide bonds. The van der Waals surface area contributed by atoms with Crippen molar-refractivity contribution in [2.75, 3.05) is 6.61 Å². The molecule has 2 heteroatoms. The second-order valence-electron chi connectivity index (χ2n) is 3.94. The van der Waals surface area contributed by atoms with Crippen molar-refractivity contribution in [3.63, 3.8) is 0 Å². The standard InChI is InChI=1S/C12H13NO/c13-9-8-12(6-7-12)10-14-11-4-2-1-3-5-11/h1-5H,6-8,10H2. The van der Waals surface area contributed by atoms with Crippen molar-refractivity contribution in [3.05, 3.63) is 30.3 Å². The Morgan fingerprint density at radius 1 is 1.29 bits per heavy atom. The van der Waals surface area contributed by atoms with Gasteiger partial charge in [-0.15, -0.1) is 0 Å². The molecular weight excluding hydrogens is 174 g/mol. The van der Waals surface area contributed by atoms with Gasteiger partial charge in [-0.3, -0.25) is 0 Å². The fraction of sp³-hybridized carbons (Fsp3) is 0.417. The maximum atomic E-state index is 8.63. The van der Waals surface area contributed by atoms with E-state index in [-0.39, 0.29) is 5.41 Å². The topological polar surface area (TPSA) is 33.0 Å². The monoisotopic (exact) mass is 187 g/mol. The third kappa shape index (κ3) is 2.05. The van der Waals surface area contributed by atoms with Gasteiger partial charge in [0.1, 0.15) is 5.75 Å². The van der Waals surface area contributed by atoms with Crippen molar-refractivity contribution in [2.45, 2.75) is 19.3 Å². The normalized spacial score (nSPS) is 17.1. The van der Waals surface area contributed by atoms with E-state index in [1.54, 1.807) is 0 Å². The minimum Gasteiger partial charge on any atom is -0.493 e. The molecule has 0 aromatic heterocycles. The first-order valence-corrected chi connectivity index (χ1v) is 4.89. The average molecular weight is 187 g/mol. The Labute approximate surface area is 84.1 Å². The molecular formula is C12H13NO. The molecule has 72 valence electrons. The molecule has 1 aliphatic rings. The minimum absolute atomic E-state index is 0.171. The van der Waals surface area contributed by atoms with E-state index in [0.717, 1.165) is 18.6 Å². The second kappa shape index (κ2) is 3.71. The molecule has 1 saturated carbocycles. The Balaban J connectivity index is 1.87. The fourth-order valence-electron chi connectivity index (χ4n) is 1.47. The summed E-state index contributed by atoms with van der Waals surface area (Å²) >= 11 is 0. The van der Waals surface area contributed by atoms with Crippen LogP contribution in [0.4, 0.5) is 0 Å². The molecule has 0 N–H and O–H groups in total. The van der Waals surface area contributed by atoms with Crippen molar-refractivity contribution in [1.82, 2.24) is 0 Å². The molecule has 0 saturated heterocycles. The lowest BCUT2D eigenvalue weighted by atomic mass is 10.1. The zero-order chi connectivity index (χ0) is 9.86. The molecule has 0 radical (unpaired) electrons. The van der Waals surface area contributed by atoms with Gasteiger partial charge in [-0.1, -0.05) is 18.2 Å². The molecule has 1 aromatic rings. The Kier molecular flexibility index (Phi) is 2.41. The highest BCUT2D eigenvalue weighted by Crippen LogP contribution is 2.48. The summed E-state index contributed by atoms with van der Waals surface area (Å²) in [6.45, 7) is 0.685. The summed E-state index contributed by atoms with van der Waals surface area (Å²) in [6, 6.07) is 12.0. The van der Waals surface area contributed by atoms with Gasteiger partial charge in [-0.25, -0.2) is 0 Å². The Morgan fingerprint density at radius 2 is 2.00 bits per heavy atom. The largest absolute Gasteiger partial charge is 0.493 e. The summed E-state index contributed by atoms with van der Waals surface area (Å²) in [7, 11) is 0. The number of para-hydroxylation sites is 1. The van der Waals surface area contributed by atoms with E-state index < -0.39 is 0 Å². The molecule has 0 spiro atoms. The van der Waals surface area contributed by atoms with Gasteiger partial charge in [0.25, 0.3) is 0 Å². The van der Waals surface area contributed by atoms with Gasteiger partial charge in [0.05, 0.1) is 12.7 Å². The van der Waals surface area contributed by atoms with Crippen LogP contribution in [0, 0.1) is 16.7 Å². The van der Waals surface area contributed by atoms with E-state index in [2.05, 4.69) is 6.07 Å². The number of ether oxygens (including phenoxy) is 1. The molecule has 0 atom stereocenters. The van der Waals surface area contributed by atoms with Gasteiger partial charge in [-0.05, 0) is 25.0 Å². The van der Waals surface area contributed by atoms with E-state index in [0.29, 0.717) is 13.0 Å². The van der Waals surface area contributed by atoms with Crippen molar-refractivity contribution in [3.8, 4) is 11.8 Å². The Bertz CT molecular complexity index is 335. The summed E-state index contributed by atoms with van der Waals surface area (Å²) in [5.74, 6) is 0.900. The van der Waals surface area contributed by atoms with E-state index in [4.69, 9.17) is 10.00 Å². The van der Waals surface area contributed by atoms with Gasteiger partial charge < -0.3 is 4.74 Å². The molecule has 0 heterocycles. The van der Waals surface area contributed by atoms with E-state index in [1.165, 1.54) is 0 Å². The van der Waals surface area contributed by atoms with Crippen molar-refractivity contribution in [1.29, 1.82) is 5.26 Å². The smallest absolute Gasteiger partial charge is 0.119 e. The SMILES string of the molecule is N#CCC1(COc2ccccc2)CC1. The lowest BCUT2D eigenvalue weighted by Crippen LogP contribution is -2.12. The van der Waals surface area contributed by atoms with Crippen LogP contribution in [0.1, 0.15) is 19.3 Å². The van der Waals surface area contributed by atoms with Crippen LogP contribution in [0.2, 0.25) is 0 Å². The quantitative estimate of drug-likeness (QED) is 0.726. The highest BCUT2D eigenvalue weighted by Gasteiger charge is 2.43. The summed E-state index contributed by atoms with van der Waals surface area (Å²) in [4.78, 5) is 0. The van der Waals surface area contributed by atoms with Crippen LogP contribution in [-0.2, 0) is 0 Å². The second-order valence-corrected chi connectivity index (χ2v) is 3.94. The molecule has 0 unspecified atom stereocenters. The lowest BCUT2D eigenvalue weighted by molar-refractivity contribution is 0.237. The van der Waals surface area contributed by atoms with Crippen LogP contribution in [0.5, 0.6) is 5.75 Å². The Hall–Kier alpha value is -1.49. The van der Waals surface area contributed by atoms with Gasteiger partial charge in [0, 0.05) is 11.8 Å². The number of benzene rings is 1. The van der Waals surface area contributed by atoms with Crippen molar-refractivity contribution < 1.29 is 4.74 Å². The molecule has 0 bridgehead atoms. The zero-order valence-corrected chi connectivity index (χ0v) is 8.07. The third-order valence-electron chi connectivity index (χ3n) is 2.70. The summed E-state index contributed by atoms with van der Waals surface area (Å²) < 4.78 is 5.63.